The first-order valence-electron chi connectivity index (χ1n) is 7.96. The van der Waals surface area contributed by atoms with Gasteiger partial charge in [0.25, 0.3) is 5.91 Å². The molecule has 0 saturated carbocycles. The van der Waals surface area contributed by atoms with Crippen LogP contribution in [0.1, 0.15) is 24.5 Å². The number of hydrogen-bond acceptors (Lipinski definition) is 4. The lowest BCUT2D eigenvalue weighted by Crippen LogP contribution is -2.28. The monoisotopic (exact) mass is 324 g/mol. The van der Waals surface area contributed by atoms with Gasteiger partial charge in [-0.15, -0.1) is 0 Å². The molecule has 0 fully saturated rings. The summed E-state index contributed by atoms with van der Waals surface area (Å²) in [5.41, 5.74) is 3.69. The zero-order valence-corrected chi connectivity index (χ0v) is 13.8. The first-order chi connectivity index (χ1) is 11.7. The highest BCUT2D eigenvalue weighted by Gasteiger charge is 2.28. The predicted molar refractivity (Wildman–Crippen MR) is 93.5 cm³/mol. The van der Waals surface area contributed by atoms with Crippen LogP contribution in [0.4, 0.5) is 5.69 Å². The molecule has 0 aliphatic carbocycles. The van der Waals surface area contributed by atoms with Crippen molar-refractivity contribution < 1.29 is 14.4 Å². The van der Waals surface area contributed by atoms with Gasteiger partial charge in [0.15, 0.2) is 0 Å². The van der Waals surface area contributed by atoms with Crippen LogP contribution in [0.2, 0.25) is 0 Å². The number of carbonyl (C=O) groups is 1. The fourth-order valence-corrected chi connectivity index (χ4v) is 2.52. The standard InChI is InChI=1S/C19H20N2O3/c1-3-13-4-8-15(9-5-13)20-19(22)18-12-17(21-24-18)14-6-10-16(23-2)11-7-14/h4-11,18H,3,12H2,1-2H3,(H,20,22). The van der Waals surface area contributed by atoms with Crippen molar-refractivity contribution in [3.8, 4) is 5.75 Å². The van der Waals surface area contributed by atoms with Crippen LogP contribution in [0.15, 0.2) is 53.7 Å². The van der Waals surface area contributed by atoms with Crippen LogP contribution in [0, 0.1) is 0 Å². The number of carbonyl (C=O) groups excluding carboxylic acids is 1. The van der Waals surface area contributed by atoms with Gasteiger partial charge >= 0.3 is 0 Å². The third-order valence-corrected chi connectivity index (χ3v) is 4.01. The van der Waals surface area contributed by atoms with E-state index >= 15 is 0 Å². The number of anilines is 1. The number of nitrogens with one attached hydrogen (secondary N) is 1. The zero-order valence-electron chi connectivity index (χ0n) is 13.8. The Morgan fingerprint density at radius 1 is 1.21 bits per heavy atom. The highest BCUT2D eigenvalue weighted by Crippen LogP contribution is 2.20. The molecule has 5 heteroatoms. The van der Waals surface area contributed by atoms with Gasteiger partial charge in [-0.1, -0.05) is 24.2 Å². The number of methoxy groups -OCH3 is 1. The molecule has 2 aromatic carbocycles. The molecule has 24 heavy (non-hydrogen) atoms. The molecular weight excluding hydrogens is 304 g/mol. The molecule has 0 radical (unpaired) electrons. The Hall–Kier alpha value is -2.82. The van der Waals surface area contributed by atoms with Gasteiger partial charge < -0.3 is 14.9 Å². The fourth-order valence-electron chi connectivity index (χ4n) is 2.52. The molecule has 1 aliphatic rings. The lowest BCUT2D eigenvalue weighted by Gasteiger charge is -2.10. The van der Waals surface area contributed by atoms with E-state index in [2.05, 4.69) is 17.4 Å². The van der Waals surface area contributed by atoms with E-state index in [0.29, 0.717) is 6.42 Å². The molecule has 0 saturated heterocycles. The largest absolute Gasteiger partial charge is 0.497 e. The van der Waals surface area contributed by atoms with E-state index in [1.54, 1.807) is 7.11 Å². The van der Waals surface area contributed by atoms with Gasteiger partial charge in [0, 0.05) is 12.1 Å². The van der Waals surface area contributed by atoms with Gasteiger partial charge in [-0.2, -0.15) is 0 Å². The maximum absolute atomic E-state index is 12.3. The Bertz CT molecular complexity index is 736. The summed E-state index contributed by atoms with van der Waals surface area (Å²) >= 11 is 0. The van der Waals surface area contributed by atoms with E-state index in [0.717, 1.165) is 29.1 Å². The Morgan fingerprint density at radius 3 is 2.54 bits per heavy atom. The molecular formula is C19H20N2O3. The van der Waals surface area contributed by atoms with Crippen molar-refractivity contribution in [2.75, 3.05) is 12.4 Å². The van der Waals surface area contributed by atoms with E-state index in [4.69, 9.17) is 9.57 Å². The number of ether oxygens (including phenoxy) is 1. The summed E-state index contributed by atoms with van der Waals surface area (Å²) in [6, 6.07) is 15.3. The van der Waals surface area contributed by atoms with Crippen molar-refractivity contribution in [3.63, 3.8) is 0 Å². The number of rotatable bonds is 5. The Kier molecular flexibility index (Phi) is 4.79. The van der Waals surface area contributed by atoms with Crippen LogP contribution in [0.3, 0.4) is 0 Å². The van der Waals surface area contributed by atoms with E-state index in [-0.39, 0.29) is 5.91 Å². The maximum atomic E-state index is 12.3. The smallest absolute Gasteiger partial charge is 0.268 e. The van der Waals surface area contributed by atoms with Gasteiger partial charge in [-0.05, 0) is 53.9 Å². The number of benzene rings is 2. The number of amides is 1. The van der Waals surface area contributed by atoms with Crippen molar-refractivity contribution in [2.24, 2.45) is 5.16 Å². The maximum Gasteiger partial charge on any atom is 0.268 e. The summed E-state index contributed by atoms with van der Waals surface area (Å²) in [4.78, 5) is 17.6. The van der Waals surface area contributed by atoms with Crippen molar-refractivity contribution in [2.45, 2.75) is 25.9 Å². The topological polar surface area (TPSA) is 59.9 Å². The number of hydrogen-bond donors (Lipinski definition) is 1. The second-order valence-corrected chi connectivity index (χ2v) is 5.60. The minimum Gasteiger partial charge on any atom is -0.497 e. The summed E-state index contributed by atoms with van der Waals surface area (Å²) in [6.45, 7) is 2.10. The highest BCUT2D eigenvalue weighted by molar-refractivity contribution is 6.06. The fraction of sp³-hybridized carbons (Fsp3) is 0.263. The molecule has 5 nitrogen and oxygen atoms in total. The Balaban J connectivity index is 1.59. The molecule has 3 rings (SSSR count). The van der Waals surface area contributed by atoms with Crippen LogP contribution in [-0.4, -0.2) is 24.8 Å². The van der Waals surface area contributed by atoms with Gasteiger partial charge in [0.1, 0.15) is 5.75 Å². The molecule has 1 heterocycles. The van der Waals surface area contributed by atoms with Gasteiger partial charge in [-0.25, -0.2) is 0 Å². The van der Waals surface area contributed by atoms with Crippen LogP contribution in [-0.2, 0) is 16.1 Å². The van der Waals surface area contributed by atoms with Crippen LogP contribution >= 0.6 is 0 Å². The van der Waals surface area contributed by atoms with Crippen molar-refractivity contribution in [1.82, 2.24) is 0 Å². The third kappa shape index (κ3) is 3.56. The summed E-state index contributed by atoms with van der Waals surface area (Å²) in [6.07, 6.45) is 0.817. The number of aryl methyl sites for hydroxylation is 1. The van der Waals surface area contributed by atoms with E-state index in [1.807, 2.05) is 48.5 Å². The molecule has 1 atom stereocenters. The van der Waals surface area contributed by atoms with Crippen molar-refractivity contribution in [3.05, 3.63) is 59.7 Å². The summed E-state index contributed by atoms with van der Waals surface area (Å²) in [5, 5.41) is 6.92. The Labute approximate surface area is 141 Å². The average Bonchev–Trinajstić information content (AvgIpc) is 3.13. The molecule has 2 aromatic rings. The first kappa shape index (κ1) is 16.1. The molecule has 1 unspecified atom stereocenters. The van der Waals surface area contributed by atoms with Gasteiger partial charge in [0.05, 0.1) is 12.8 Å². The minimum absolute atomic E-state index is 0.188. The second-order valence-electron chi connectivity index (χ2n) is 5.60. The highest BCUT2D eigenvalue weighted by atomic mass is 16.6. The Morgan fingerprint density at radius 2 is 1.92 bits per heavy atom. The quantitative estimate of drug-likeness (QED) is 0.917. The molecule has 0 aromatic heterocycles. The molecule has 0 spiro atoms. The predicted octanol–water partition coefficient (Wildman–Crippen LogP) is 3.39. The summed E-state index contributed by atoms with van der Waals surface area (Å²) < 4.78 is 5.14. The second kappa shape index (κ2) is 7.17. The van der Waals surface area contributed by atoms with Crippen LogP contribution in [0.5, 0.6) is 5.75 Å². The first-order valence-corrected chi connectivity index (χ1v) is 7.96. The van der Waals surface area contributed by atoms with E-state index in [1.165, 1.54) is 5.56 Å². The van der Waals surface area contributed by atoms with Gasteiger partial charge in [-0.3, -0.25) is 4.79 Å². The molecule has 1 aliphatic heterocycles. The van der Waals surface area contributed by atoms with E-state index in [9.17, 15) is 4.79 Å². The zero-order chi connectivity index (χ0) is 16.9. The molecule has 124 valence electrons. The van der Waals surface area contributed by atoms with Crippen LogP contribution in [0.25, 0.3) is 0 Å². The summed E-state index contributed by atoms with van der Waals surface area (Å²) in [5.74, 6) is 0.592. The molecule has 1 N–H and O–H groups in total. The minimum atomic E-state index is -0.604. The molecule has 0 bridgehead atoms. The van der Waals surface area contributed by atoms with Crippen molar-refractivity contribution in [1.29, 1.82) is 0 Å². The number of nitrogens with zero attached hydrogens (tertiary/aromatic N) is 1. The molecule has 1 amide bonds. The van der Waals surface area contributed by atoms with Crippen molar-refractivity contribution >= 4 is 17.3 Å². The average molecular weight is 324 g/mol. The SMILES string of the molecule is CCc1ccc(NC(=O)C2CC(c3ccc(OC)cc3)=NO2)cc1. The van der Waals surface area contributed by atoms with Gasteiger partial charge in [0.2, 0.25) is 6.10 Å². The normalized spacial score (nSPS) is 16.2. The lowest BCUT2D eigenvalue weighted by atomic mass is 10.0. The lowest BCUT2D eigenvalue weighted by molar-refractivity contribution is -0.125. The third-order valence-electron chi connectivity index (χ3n) is 4.01. The van der Waals surface area contributed by atoms with Crippen LogP contribution < -0.4 is 10.1 Å². The van der Waals surface area contributed by atoms with E-state index < -0.39 is 6.10 Å². The summed E-state index contributed by atoms with van der Waals surface area (Å²) in [7, 11) is 1.62. The number of oxime groups is 1.